The number of anilines is 1. The number of carbonyl (C=O) groups is 3. The summed E-state index contributed by atoms with van der Waals surface area (Å²) < 4.78 is 5.14. The SMILES string of the molecule is COc1ccc(N2C(=O)[C@H]3[C@@H](NC(=O)Cc4ccccc4)C=CC[C@H]3C2=O)cc1. The first-order chi connectivity index (χ1) is 14.1. The number of hydrogen-bond donors (Lipinski definition) is 1. The fourth-order valence-corrected chi connectivity index (χ4v) is 4.03. The van der Waals surface area contributed by atoms with Crippen LogP contribution in [0.15, 0.2) is 66.7 Å². The minimum absolute atomic E-state index is 0.172. The molecule has 0 spiro atoms. The van der Waals surface area contributed by atoms with Crippen molar-refractivity contribution in [2.75, 3.05) is 12.0 Å². The van der Waals surface area contributed by atoms with Gasteiger partial charge in [-0.15, -0.1) is 0 Å². The zero-order valence-corrected chi connectivity index (χ0v) is 16.1. The molecule has 2 aromatic rings. The summed E-state index contributed by atoms with van der Waals surface area (Å²) in [5.74, 6) is -1.07. The molecule has 2 aliphatic rings. The Kier molecular flexibility index (Phi) is 5.16. The Hall–Kier alpha value is -3.41. The predicted octanol–water partition coefficient (Wildman–Crippen LogP) is 2.49. The molecule has 6 heteroatoms. The van der Waals surface area contributed by atoms with Gasteiger partial charge < -0.3 is 10.1 Å². The van der Waals surface area contributed by atoms with Crippen LogP contribution in [0, 0.1) is 11.8 Å². The van der Waals surface area contributed by atoms with Crippen LogP contribution < -0.4 is 15.0 Å². The average molecular weight is 390 g/mol. The number of hydrogen-bond acceptors (Lipinski definition) is 4. The van der Waals surface area contributed by atoms with Crippen molar-refractivity contribution in [2.45, 2.75) is 18.9 Å². The van der Waals surface area contributed by atoms with Crippen LogP contribution in [0.4, 0.5) is 5.69 Å². The van der Waals surface area contributed by atoms with E-state index in [0.29, 0.717) is 17.9 Å². The van der Waals surface area contributed by atoms with Crippen LogP contribution in [-0.4, -0.2) is 30.9 Å². The highest BCUT2D eigenvalue weighted by molar-refractivity contribution is 6.22. The maximum atomic E-state index is 13.1. The summed E-state index contributed by atoms with van der Waals surface area (Å²) in [5.41, 5.74) is 1.42. The second kappa shape index (κ2) is 7.91. The molecule has 3 amide bonds. The number of fused-ring (bicyclic) bond motifs is 1. The topological polar surface area (TPSA) is 75.7 Å². The van der Waals surface area contributed by atoms with Crippen molar-refractivity contribution in [3.05, 3.63) is 72.3 Å². The van der Waals surface area contributed by atoms with Crippen molar-refractivity contribution in [2.24, 2.45) is 11.8 Å². The van der Waals surface area contributed by atoms with Crippen LogP contribution >= 0.6 is 0 Å². The van der Waals surface area contributed by atoms with Gasteiger partial charge in [-0.2, -0.15) is 0 Å². The van der Waals surface area contributed by atoms with Gasteiger partial charge in [-0.3, -0.25) is 14.4 Å². The molecule has 1 fully saturated rings. The molecule has 3 atom stereocenters. The van der Waals surface area contributed by atoms with E-state index in [-0.39, 0.29) is 24.1 Å². The Morgan fingerprint density at radius 3 is 2.48 bits per heavy atom. The molecular weight excluding hydrogens is 368 g/mol. The number of methoxy groups -OCH3 is 1. The average Bonchev–Trinajstić information content (AvgIpc) is 3.00. The van der Waals surface area contributed by atoms with Gasteiger partial charge in [0.2, 0.25) is 17.7 Å². The van der Waals surface area contributed by atoms with Gasteiger partial charge >= 0.3 is 0 Å². The summed E-state index contributed by atoms with van der Waals surface area (Å²) in [5, 5.41) is 2.93. The highest BCUT2D eigenvalue weighted by atomic mass is 16.5. The molecular formula is C23H22N2O4. The third-order valence-corrected chi connectivity index (χ3v) is 5.46. The quantitative estimate of drug-likeness (QED) is 0.629. The predicted molar refractivity (Wildman–Crippen MR) is 108 cm³/mol. The number of rotatable bonds is 5. The molecule has 4 rings (SSSR count). The number of nitrogens with zero attached hydrogens (tertiary/aromatic N) is 1. The maximum Gasteiger partial charge on any atom is 0.240 e. The largest absolute Gasteiger partial charge is 0.497 e. The van der Waals surface area contributed by atoms with Crippen molar-refractivity contribution >= 4 is 23.4 Å². The molecule has 1 heterocycles. The molecule has 0 radical (unpaired) electrons. The van der Waals surface area contributed by atoms with E-state index in [1.807, 2.05) is 42.5 Å². The molecule has 6 nitrogen and oxygen atoms in total. The Labute approximate surface area is 169 Å². The summed E-state index contributed by atoms with van der Waals surface area (Å²) in [6.45, 7) is 0. The molecule has 0 bridgehead atoms. The van der Waals surface area contributed by atoms with Gasteiger partial charge in [0, 0.05) is 0 Å². The van der Waals surface area contributed by atoms with Crippen LogP contribution in [0.5, 0.6) is 5.75 Å². The van der Waals surface area contributed by atoms with Gasteiger partial charge in [0.15, 0.2) is 0 Å². The van der Waals surface area contributed by atoms with Gasteiger partial charge in [0.1, 0.15) is 5.75 Å². The first-order valence-electron chi connectivity index (χ1n) is 9.60. The third kappa shape index (κ3) is 3.66. The lowest BCUT2D eigenvalue weighted by atomic mass is 9.81. The molecule has 1 aliphatic heterocycles. The lowest BCUT2D eigenvalue weighted by Crippen LogP contribution is -2.45. The Bertz CT molecular complexity index is 953. The van der Waals surface area contributed by atoms with E-state index in [0.717, 1.165) is 5.56 Å². The highest BCUT2D eigenvalue weighted by Gasteiger charge is 2.52. The number of benzene rings is 2. The first-order valence-corrected chi connectivity index (χ1v) is 9.60. The second-order valence-electron chi connectivity index (χ2n) is 7.26. The van der Waals surface area contributed by atoms with E-state index in [2.05, 4.69) is 5.32 Å². The van der Waals surface area contributed by atoms with E-state index < -0.39 is 17.9 Å². The smallest absolute Gasteiger partial charge is 0.240 e. The van der Waals surface area contributed by atoms with E-state index in [1.54, 1.807) is 31.4 Å². The standard InChI is InChI=1S/C23H22N2O4/c1-29-17-12-10-16(11-13-17)25-22(27)18-8-5-9-19(21(18)23(25)28)24-20(26)14-15-6-3-2-4-7-15/h2-7,9-13,18-19,21H,8,14H2,1H3,(H,24,26)/t18-,19+,21-/m1/s1. The van der Waals surface area contributed by atoms with Gasteiger partial charge in [-0.1, -0.05) is 42.5 Å². The molecule has 2 aromatic carbocycles. The Balaban J connectivity index is 1.52. The van der Waals surface area contributed by atoms with Crippen molar-refractivity contribution in [1.29, 1.82) is 0 Å². The van der Waals surface area contributed by atoms with Crippen LogP contribution in [-0.2, 0) is 20.8 Å². The number of imide groups is 1. The lowest BCUT2D eigenvalue weighted by Gasteiger charge is -2.27. The summed E-state index contributed by atoms with van der Waals surface area (Å²) in [6.07, 6.45) is 4.42. The van der Waals surface area contributed by atoms with E-state index >= 15 is 0 Å². The summed E-state index contributed by atoms with van der Waals surface area (Å²) in [7, 11) is 1.56. The van der Waals surface area contributed by atoms with Gasteiger partial charge in [-0.05, 0) is 36.2 Å². The zero-order valence-electron chi connectivity index (χ0n) is 16.1. The van der Waals surface area contributed by atoms with E-state index in [9.17, 15) is 14.4 Å². The first kappa shape index (κ1) is 18.9. The summed E-state index contributed by atoms with van der Waals surface area (Å²) >= 11 is 0. The van der Waals surface area contributed by atoms with Crippen LogP contribution in [0.1, 0.15) is 12.0 Å². The molecule has 148 valence electrons. The number of amides is 3. The monoisotopic (exact) mass is 390 g/mol. The summed E-state index contributed by atoms with van der Waals surface area (Å²) in [4.78, 5) is 39.8. The number of ether oxygens (including phenoxy) is 1. The lowest BCUT2D eigenvalue weighted by molar-refractivity contribution is -0.124. The molecule has 0 aromatic heterocycles. The summed E-state index contributed by atoms with van der Waals surface area (Å²) in [6, 6.07) is 15.8. The van der Waals surface area contributed by atoms with Gasteiger partial charge in [0.25, 0.3) is 0 Å². The molecule has 1 aliphatic carbocycles. The van der Waals surface area contributed by atoms with Gasteiger partial charge in [-0.25, -0.2) is 4.90 Å². The van der Waals surface area contributed by atoms with E-state index in [1.165, 1.54) is 4.90 Å². The molecule has 1 N–H and O–H groups in total. The molecule has 0 unspecified atom stereocenters. The van der Waals surface area contributed by atoms with Gasteiger partial charge in [0.05, 0.1) is 37.1 Å². The number of nitrogens with one attached hydrogen (secondary N) is 1. The number of allylic oxidation sites excluding steroid dienone is 1. The zero-order chi connectivity index (χ0) is 20.4. The van der Waals surface area contributed by atoms with Crippen molar-refractivity contribution < 1.29 is 19.1 Å². The van der Waals surface area contributed by atoms with Crippen LogP contribution in [0.25, 0.3) is 0 Å². The fourth-order valence-electron chi connectivity index (χ4n) is 4.03. The molecule has 1 saturated heterocycles. The molecule has 0 saturated carbocycles. The van der Waals surface area contributed by atoms with Crippen molar-refractivity contribution in [3.8, 4) is 5.75 Å². The van der Waals surface area contributed by atoms with E-state index in [4.69, 9.17) is 4.74 Å². The highest BCUT2D eigenvalue weighted by Crippen LogP contribution is 2.38. The normalized spacial score (nSPS) is 23.1. The second-order valence-corrected chi connectivity index (χ2v) is 7.26. The van der Waals surface area contributed by atoms with Crippen molar-refractivity contribution in [3.63, 3.8) is 0 Å². The number of carbonyl (C=O) groups excluding carboxylic acids is 3. The minimum Gasteiger partial charge on any atom is -0.497 e. The molecule has 29 heavy (non-hydrogen) atoms. The van der Waals surface area contributed by atoms with Crippen LogP contribution in [0.2, 0.25) is 0 Å². The van der Waals surface area contributed by atoms with Crippen molar-refractivity contribution in [1.82, 2.24) is 5.32 Å². The third-order valence-electron chi connectivity index (χ3n) is 5.46. The minimum atomic E-state index is -0.589. The Morgan fingerprint density at radius 2 is 1.79 bits per heavy atom. The maximum absolute atomic E-state index is 13.1. The fraction of sp³-hybridized carbons (Fsp3) is 0.261. The van der Waals surface area contributed by atoms with Crippen LogP contribution in [0.3, 0.4) is 0 Å². The Morgan fingerprint density at radius 1 is 1.07 bits per heavy atom.